The molecule has 4 nitrogen and oxygen atoms in total. The first-order valence-corrected chi connectivity index (χ1v) is 4.97. The van der Waals surface area contributed by atoms with Crippen LogP contribution < -0.4 is 0 Å². The van der Waals surface area contributed by atoms with Crippen molar-refractivity contribution in [2.75, 3.05) is 6.61 Å². The predicted molar refractivity (Wildman–Crippen MR) is 57.9 cm³/mol. The molecule has 0 spiro atoms. The number of aryl methyl sites for hydroxylation is 1. The number of nitrogens with zero attached hydrogens (tertiary/aromatic N) is 1. The molecule has 4 heteroatoms. The summed E-state index contributed by atoms with van der Waals surface area (Å²) in [5.74, 6) is -0.536. The molecule has 0 radical (unpaired) electrons. The van der Waals surface area contributed by atoms with Crippen LogP contribution in [-0.2, 0) is 16.0 Å². The van der Waals surface area contributed by atoms with Crippen molar-refractivity contribution >= 4 is 5.97 Å². The highest BCUT2D eigenvalue weighted by atomic mass is 16.5. The van der Waals surface area contributed by atoms with E-state index in [0.29, 0.717) is 12.2 Å². The summed E-state index contributed by atoms with van der Waals surface area (Å²) in [6, 6.07) is 5.09. The quantitative estimate of drug-likeness (QED) is 0.785. The minimum atomic E-state index is -0.406. The maximum Gasteiger partial charge on any atom is 0.310 e. The summed E-state index contributed by atoms with van der Waals surface area (Å²) in [5.41, 5.74) is 1.40. The van der Waals surface area contributed by atoms with Gasteiger partial charge in [0.05, 0.1) is 18.6 Å². The predicted octanol–water partition coefficient (Wildman–Crippen LogP) is 1.68. The summed E-state index contributed by atoms with van der Waals surface area (Å²) in [6.07, 6.45) is -0.0129. The van der Waals surface area contributed by atoms with E-state index in [0.717, 1.165) is 5.56 Å². The molecule has 0 aromatic heterocycles. The zero-order valence-corrected chi connectivity index (χ0v) is 9.28. The third-order valence-electron chi connectivity index (χ3n) is 2.26. The van der Waals surface area contributed by atoms with Crippen molar-refractivity contribution in [3.8, 4) is 11.8 Å². The van der Waals surface area contributed by atoms with Gasteiger partial charge >= 0.3 is 5.97 Å². The standard InChI is InChI=1S/C12H13NO3/c1-3-16-11(14)6-10-8(2)4-5-9(7-13)12(10)15/h4-5,15H,3,6H2,1-2H3. The van der Waals surface area contributed by atoms with Crippen LogP contribution in [0.4, 0.5) is 0 Å². The Morgan fingerprint density at radius 1 is 1.56 bits per heavy atom. The van der Waals surface area contributed by atoms with Gasteiger partial charge in [0.2, 0.25) is 0 Å². The van der Waals surface area contributed by atoms with Gasteiger partial charge in [-0.05, 0) is 25.5 Å². The Hall–Kier alpha value is -2.02. The molecule has 84 valence electrons. The minimum absolute atomic E-state index is 0.0129. The number of phenolic OH excluding ortho intramolecular Hbond substituents is 1. The van der Waals surface area contributed by atoms with Crippen LogP contribution in [0.25, 0.3) is 0 Å². The maximum atomic E-state index is 11.3. The molecular formula is C12H13NO3. The zero-order chi connectivity index (χ0) is 12.1. The van der Waals surface area contributed by atoms with Crippen molar-refractivity contribution in [2.45, 2.75) is 20.3 Å². The summed E-state index contributed by atoms with van der Waals surface area (Å²) in [6.45, 7) is 3.79. The molecule has 1 aromatic rings. The molecule has 16 heavy (non-hydrogen) atoms. The van der Waals surface area contributed by atoms with E-state index in [1.807, 2.05) is 6.07 Å². The van der Waals surface area contributed by atoms with Gasteiger partial charge in [-0.25, -0.2) is 0 Å². The molecule has 0 saturated heterocycles. The molecule has 0 amide bonds. The molecule has 0 unspecified atom stereocenters. The van der Waals surface area contributed by atoms with E-state index in [4.69, 9.17) is 10.00 Å². The first-order valence-electron chi connectivity index (χ1n) is 4.97. The second-order valence-electron chi connectivity index (χ2n) is 3.35. The van der Waals surface area contributed by atoms with Crippen molar-refractivity contribution in [3.63, 3.8) is 0 Å². The molecule has 1 rings (SSSR count). The Morgan fingerprint density at radius 2 is 2.25 bits per heavy atom. The lowest BCUT2D eigenvalue weighted by Gasteiger charge is -2.08. The van der Waals surface area contributed by atoms with Crippen LogP contribution in [-0.4, -0.2) is 17.7 Å². The Kier molecular flexibility index (Phi) is 3.90. The fourth-order valence-electron chi connectivity index (χ4n) is 1.41. The van der Waals surface area contributed by atoms with E-state index in [2.05, 4.69) is 0 Å². The third kappa shape index (κ3) is 2.51. The molecule has 0 aliphatic carbocycles. The fraction of sp³-hybridized carbons (Fsp3) is 0.333. The van der Waals surface area contributed by atoms with E-state index < -0.39 is 5.97 Å². The van der Waals surface area contributed by atoms with Gasteiger partial charge in [-0.3, -0.25) is 4.79 Å². The third-order valence-corrected chi connectivity index (χ3v) is 2.26. The van der Waals surface area contributed by atoms with Crippen LogP contribution in [0.15, 0.2) is 12.1 Å². The summed E-state index contributed by atoms with van der Waals surface area (Å²) in [7, 11) is 0. The molecule has 0 bridgehead atoms. The number of ether oxygens (including phenoxy) is 1. The zero-order valence-electron chi connectivity index (χ0n) is 9.28. The number of hydrogen-bond acceptors (Lipinski definition) is 4. The van der Waals surface area contributed by atoms with E-state index >= 15 is 0 Å². The Bertz CT molecular complexity index is 446. The van der Waals surface area contributed by atoms with Gasteiger partial charge in [0.15, 0.2) is 0 Å². The summed E-state index contributed by atoms with van der Waals surface area (Å²) >= 11 is 0. The monoisotopic (exact) mass is 219 g/mol. The molecule has 0 heterocycles. The normalized spacial score (nSPS) is 9.56. The van der Waals surface area contributed by atoms with Crippen LogP contribution in [0.2, 0.25) is 0 Å². The number of esters is 1. The first kappa shape index (κ1) is 12.1. The van der Waals surface area contributed by atoms with Crippen LogP contribution >= 0.6 is 0 Å². The summed E-state index contributed by atoms with van der Waals surface area (Å²) in [4.78, 5) is 11.3. The highest BCUT2D eigenvalue weighted by molar-refractivity contribution is 5.74. The number of aromatic hydroxyl groups is 1. The number of carbonyl (C=O) groups is 1. The van der Waals surface area contributed by atoms with Crippen molar-refractivity contribution in [1.82, 2.24) is 0 Å². The Labute approximate surface area is 94.1 Å². The molecule has 0 aliphatic heterocycles. The number of phenols is 1. The lowest BCUT2D eigenvalue weighted by molar-refractivity contribution is -0.142. The number of rotatable bonds is 3. The van der Waals surface area contributed by atoms with Gasteiger partial charge < -0.3 is 9.84 Å². The minimum Gasteiger partial charge on any atom is -0.506 e. The van der Waals surface area contributed by atoms with Gasteiger partial charge in [0, 0.05) is 5.56 Å². The molecule has 1 aromatic carbocycles. The second-order valence-corrected chi connectivity index (χ2v) is 3.35. The number of hydrogen-bond donors (Lipinski definition) is 1. The van der Waals surface area contributed by atoms with Gasteiger partial charge in [0.25, 0.3) is 0 Å². The van der Waals surface area contributed by atoms with E-state index in [-0.39, 0.29) is 17.7 Å². The highest BCUT2D eigenvalue weighted by Gasteiger charge is 2.14. The van der Waals surface area contributed by atoms with Crippen LogP contribution in [0.1, 0.15) is 23.6 Å². The van der Waals surface area contributed by atoms with E-state index in [1.54, 1.807) is 19.9 Å². The van der Waals surface area contributed by atoms with Gasteiger partial charge in [0.1, 0.15) is 11.8 Å². The van der Waals surface area contributed by atoms with Crippen molar-refractivity contribution in [3.05, 3.63) is 28.8 Å². The first-order chi connectivity index (χ1) is 7.60. The summed E-state index contributed by atoms with van der Waals surface area (Å²) in [5, 5.41) is 18.5. The number of carbonyl (C=O) groups excluding carboxylic acids is 1. The van der Waals surface area contributed by atoms with Crippen molar-refractivity contribution in [2.24, 2.45) is 0 Å². The highest BCUT2D eigenvalue weighted by Crippen LogP contribution is 2.25. The fourth-order valence-corrected chi connectivity index (χ4v) is 1.41. The van der Waals surface area contributed by atoms with Gasteiger partial charge in [-0.1, -0.05) is 6.07 Å². The van der Waals surface area contributed by atoms with Crippen molar-refractivity contribution < 1.29 is 14.6 Å². The average Bonchev–Trinajstić information content (AvgIpc) is 2.25. The van der Waals surface area contributed by atoms with Crippen LogP contribution in [0, 0.1) is 18.3 Å². The second kappa shape index (κ2) is 5.17. The molecule has 0 saturated carbocycles. The SMILES string of the molecule is CCOC(=O)Cc1c(C)ccc(C#N)c1O. The average molecular weight is 219 g/mol. The Balaban J connectivity index is 3.04. The largest absolute Gasteiger partial charge is 0.506 e. The molecule has 0 aliphatic rings. The van der Waals surface area contributed by atoms with Crippen LogP contribution in [0.3, 0.4) is 0 Å². The molecule has 0 atom stereocenters. The smallest absolute Gasteiger partial charge is 0.310 e. The molecule has 1 N–H and O–H groups in total. The topological polar surface area (TPSA) is 70.3 Å². The lowest BCUT2D eigenvalue weighted by Crippen LogP contribution is -2.09. The Morgan fingerprint density at radius 3 is 2.81 bits per heavy atom. The van der Waals surface area contributed by atoms with Crippen LogP contribution in [0.5, 0.6) is 5.75 Å². The summed E-state index contributed by atoms with van der Waals surface area (Å²) < 4.78 is 4.80. The number of nitriles is 1. The number of benzene rings is 1. The molecule has 0 fully saturated rings. The van der Waals surface area contributed by atoms with E-state index in [1.165, 1.54) is 6.07 Å². The van der Waals surface area contributed by atoms with E-state index in [9.17, 15) is 9.90 Å². The van der Waals surface area contributed by atoms with Gasteiger partial charge in [-0.2, -0.15) is 5.26 Å². The molecular weight excluding hydrogens is 206 g/mol. The lowest BCUT2D eigenvalue weighted by atomic mass is 10.0. The maximum absolute atomic E-state index is 11.3. The van der Waals surface area contributed by atoms with Gasteiger partial charge in [-0.15, -0.1) is 0 Å². The van der Waals surface area contributed by atoms with Crippen molar-refractivity contribution in [1.29, 1.82) is 5.26 Å².